The first-order valence-corrected chi connectivity index (χ1v) is 25.3. The zero-order chi connectivity index (χ0) is 45.1. The van der Waals surface area contributed by atoms with Crippen LogP contribution >= 0.6 is 0 Å². The summed E-state index contributed by atoms with van der Waals surface area (Å²) in [7, 11) is 3.96. The molecular formula is C53H97NO7. The summed E-state index contributed by atoms with van der Waals surface area (Å²) in [5.74, 6) is -1.17. The van der Waals surface area contributed by atoms with E-state index in [1.807, 2.05) is 32.8 Å². The number of nitrogens with zero attached hydrogens (tertiary/aromatic N) is 1. The van der Waals surface area contributed by atoms with Gasteiger partial charge in [-0.2, -0.15) is 0 Å². The van der Waals surface area contributed by atoms with Gasteiger partial charge in [-0.3, -0.25) is 4.79 Å². The molecule has 0 aliphatic heterocycles. The molecule has 0 amide bonds. The first-order valence-electron chi connectivity index (χ1n) is 25.3. The summed E-state index contributed by atoms with van der Waals surface area (Å²) in [5.41, 5.74) is 0.907. The van der Waals surface area contributed by atoms with E-state index in [1.54, 1.807) is 6.08 Å². The number of allylic oxidation sites excluding steroid dienone is 5. The van der Waals surface area contributed by atoms with Gasteiger partial charge in [-0.05, 0) is 78.3 Å². The number of carbonyl (C=O) groups is 3. The standard InChI is InChI=1S/C53H97NO7/c1-8-11-14-17-20-23-24-25-26-27-28-29-32-35-38-41-50(55)58-43-49(45-60-52(57)61-47-53(4,5)46-54(6)7)44-59-51(56)42-48(39-36-33-30-21-18-15-12-9-2)40-37-34-31-22-19-16-13-10-3/h20,23,25-26,42,49H,8-19,21-22,24,27-41,43-47H2,1-7H3/b23-20-,26-25-. The Morgan fingerprint density at radius 1 is 0.508 bits per heavy atom. The van der Waals surface area contributed by atoms with Gasteiger partial charge in [0.25, 0.3) is 0 Å². The Bertz CT molecular complexity index is 1110. The van der Waals surface area contributed by atoms with Crippen LogP contribution < -0.4 is 0 Å². The highest BCUT2D eigenvalue weighted by Gasteiger charge is 2.23. The van der Waals surface area contributed by atoms with E-state index in [2.05, 4.69) is 45.1 Å². The third-order valence-corrected chi connectivity index (χ3v) is 11.1. The Morgan fingerprint density at radius 3 is 1.46 bits per heavy atom. The van der Waals surface area contributed by atoms with Crippen molar-refractivity contribution >= 4 is 18.1 Å². The highest BCUT2D eigenvalue weighted by atomic mass is 16.7. The zero-order valence-electron chi connectivity index (χ0n) is 41.0. The molecule has 0 fully saturated rings. The van der Waals surface area contributed by atoms with Gasteiger partial charge in [0.1, 0.15) is 26.4 Å². The Balaban J connectivity index is 5.10. The number of hydrogen-bond acceptors (Lipinski definition) is 8. The van der Waals surface area contributed by atoms with E-state index in [9.17, 15) is 14.4 Å². The molecular weight excluding hydrogens is 763 g/mol. The predicted octanol–water partition coefficient (Wildman–Crippen LogP) is 15.2. The average molecular weight is 860 g/mol. The number of hydrogen-bond donors (Lipinski definition) is 0. The maximum absolute atomic E-state index is 13.2. The average Bonchev–Trinajstić information content (AvgIpc) is 3.22. The van der Waals surface area contributed by atoms with Crippen LogP contribution in [0.2, 0.25) is 0 Å². The fraction of sp³-hybridized carbons (Fsp3) is 0.830. The largest absolute Gasteiger partial charge is 0.508 e. The smallest absolute Gasteiger partial charge is 0.465 e. The molecule has 1 atom stereocenters. The van der Waals surface area contributed by atoms with E-state index in [4.69, 9.17) is 18.9 Å². The minimum absolute atomic E-state index is 0.00113. The minimum atomic E-state index is -0.780. The van der Waals surface area contributed by atoms with Gasteiger partial charge in [0.15, 0.2) is 0 Å². The van der Waals surface area contributed by atoms with Gasteiger partial charge >= 0.3 is 18.1 Å². The molecule has 1 unspecified atom stereocenters. The van der Waals surface area contributed by atoms with Crippen molar-refractivity contribution < 1.29 is 33.3 Å². The number of ether oxygens (including phenoxy) is 4. The molecule has 0 aliphatic rings. The van der Waals surface area contributed by atoms with Crippen LogP contribution in [-0.4, -0.2) is 70.1 Å². The molecule has 8 nitrogen and oxygen atoms in total. The minimum Gasteiger partial charge on any atom is -0.465 e. The maximum Gasteiger partial charge on any atom is 0.508 e. The van der Waals surface area contributed by atoms with Crippen LogP contribution in [-0.2, 0) is 28.5 Å². The van der Waals surface area contributed by atoms with E-state index in [0.717, 1.165) is 82.7 Å². The summed E-state index contributed by atoms with van der Waals surface area (Å²) in [4.78, 5) is 40.6. The first kappa shape index (κ1) is 58.4. The quantitative estimate of drug-likeness (QED) is 0.0197. The highest BCUT2D eigenvalue weighted by molar-refractivity contribution is 5.82. The molecule has 0 bridgehead atoms. The van der Waals surface area contributed by atoms with E-state index < -0.39 is 12.1 Å². The predicted molar refractivity (Wildman–Crippen MR) is 257 cm³/mol. The number of esters is 2. The summed E-state index contributed by atoms with van der Waals surface area (Å²) < 4.78 is 22.3. The van der Waals surface area contributed by atoms with E-state index in [0.29, 0.717) is 6.42 Å². The summed E-state index contributed by atoms with van der Waals surface area (Å²) >= 11 is 0. The van der Waals surface area contributed by atoms with E-state index in [-0.39, 0.29) is 43.8 Å². The third kappa shape index (κ3) is 42.5. The van der Waals surface area contributed by atoms with Crippen LogP contribution in [0, 0.1) is 11.3 Å². The first-order chi connectivity index (χ1) is 29.5. The van der Waals surface area contributed by atoms with Crippen molar-refractivity contribution in [1.82, 2.24) is 4.90 Å². The van der Waals surface area contributed by atoms with Crippen LogP contribution in [0.15, 0.2) is 36.0 Å². The Labute approximate surface area is 376 Å². The lowest BCUT2D eigenvalue weighted by Gasteiger charge is -2.27. The molecule has 0 aromatic rings. The van der Waals surface area contributed by atoms with Gasteiger partial charge in [-0.15, -0.1) is 0 Å². The van der Waals surface area contributed by atoms with Crippen LogP contribution in [0.25, 0.3) is 0 Å². The second-order valence-electron chi connectivity index (χ2n) is 18.7. The Kier molecular flexibility index (Phi) is 40.9. The number of carbonyl (C=O) groups excluding carboxylic acids is 3. The lowest BCUT2D eigenvalue weighted by atomic mass is 9.94. The monoisotopic (exact) mass is 860 g/mol. The van der Waals surface area contributed by atoms with Crippen LogP contribution in [0.5, 0.6) is 0 Å². The van der Waals surface area contributed by atoms with Gasteiger partial charge in [0, 0.05) is 24.5 Å². The summed E-state index contributed by atoms with van der Waals surface area (Å²) in [6.45, 7) is 11.6. The summed E-state index contributed by atoms with van der Waals surface area (Å²) in [6.07, 6.45) is 44.5. The highest BCUT2D eigenvalue weighted by Crippen LogP contribution is 2.20. The topological polar surface area (TPSA) is 91.4 Å². The number of rotatable bonds is 43. The second kappa shape index (κ2) is 42.7. The molecule has 61 heavy (non-hydrogen) atoms. The van der Waals surface area contributed by atoms with Gasteiger partial charge in [0.05, 0.1) is 5.92 Å². The maximum atomic E-state index is 13.2. The van der Waals surface area contributed by atoms with Gasteiger partial charge in [-0.25, -0.2) is 9.59 Å². The summed E-state index contributed by atoms with van der Waals surface area (Å²) in [6, 6.07) is 0. The van der Waals surface area contributed by atoms with E-state index >= 15 is 0 Å². The molecule has 8 heteroatoms. The van der Waals surface area contributed by atoms with Crippen molar-refractivity contribution in [2.45, 2.75) is 227 Å². The molecule has 356 valence electrons. The fourth-order valence-electron chi connectivity index (χ4n) is 7.54. The van der Waals surface area contributed by atoms with Gasteiger partial charge in [-0.1, -0.05) is 186 Å². The molecule has 0 saturated heterocycles. The lowest BCUT2D eigenvalue weighted by molar-refractivity contribution is -0.148. The van der Waals surface area contributed by atoms with Crippen molar-refractivity contribution in [1.29, 1.82) is 0 Å². The van der Waals surface area contributed by atoms with Crippen molar-refractivity contribution in [3.63, 3.8) is 0 Å². The van der Waals surface area contributed by atoms with E-state index in [1.165, 1.54) is 116 Å². The van der Waals surface area contributed by atoms with Crippen LogP contribution in [0.3, 0.4) is 0 Å². The van der Waals surface area contributed by atoms with Crippen molar-refractivity contribution in [2.75, 3.05) is 47.1 Å². The SMILES string of the molecule is CCCCC/C=C\C/C=C\CCCCCCCC(=O)OCC(COC(=O)C=C(CCCCCCCCCC)CCCCCCCCCC)COC(=O)OCC(C)(C)CN(C)C. The molecule has 0 N–H and O–H groups in total. The van der Waals surface area contributed by atoms with Crippen molar-refractivity contribution in [3.8, 4) is 0 Å². The van der Waals surface area contributed by atoms with Crippen molar-refractivity contribution in [2.24, 2.45) is 11.3 Å². The fourth-order valence-corrected chi connectivity index (χ4v) is 7.54. The lowest BCUT2D eigenvalue weighted by Crippen LogP contribution is -2.34. The van der Waals surface area contributed by atoms with Crippen molar-refractivity contribution in [3.05, 3.63) is 36.0 Å². The molecule has 0 aliphatic carbocycles. The summed E-state index contributed by atoms with van der Waals surface area (Å²) in [5, 5.41) is 0. The molecule has 0 aromatic heterocycles. The van der Waals surface area contributed by atoms with Crippen LogP contribution in [0.4, 0.5) is 4.79 Å². The molecule has 0 rings (SSSR count). The normalized spacial score (nSPS) is 12.3. The van der Waals surface area contributed by atoms with Gasteiger partial charge in [0.2, 0.25) is 0 Å². The molecule has 0 spiro atoms. The molecule has 0 radical (unpaired) electrons. The second-order valence-corrected chi connectivity index (χ2v) is 18.7. The van der Waals surface area contributed by atoms with Gasteiger partial charge < -0.3 is 23.8 Å². The molecule has 0 heterocycles. The Hall–Kier alpha value is -2.61. The Morgan fingerprint density at radius 2 is 0.934 bits per heavy atom. The van der Waals surface area contributed by atoms with Crippen LogP contribution in [0.1, 0.15) is 227 Å². The third-order valence-electron chi connectivity index (χ3n) is 11.1. The number of unbranched alkanes of at least 4 members (excludes halogenated alkanes) is 22. The molecule has 0 aromatic carbocycles. The zero-order valence-corrected chi connectivity index (χ0v) is 41.0. The molecule has 0 saturated carbocycles.